The fraction of sp³-hybridized carbons (Fsp3) is 0.500. The number of carbonyl (C=O) groups excluding carboxylic acids is 3. The number of carbonyl (C=O) groups is 3. The van der Waals surface area contributed by atoms with Crippen LogP contribution in [-0.2, 0) is 20.7 Å². The average molecular weight is 556 g/mol. The fourth-order valence-electron chi connectivity index (χ4n) is 7.06. The molecule has 2 aromatic rings. The van der Waals surface area contributed by atoms with Gasteiger partial charge >= 0.3 is 6.09 Å². The minimum atomic E-state index is -0.921. The highest BCUT2D eigenvalue weighted by Gasteiger charge is 2.54. The number of nitriles is 1. The topological polar surface area (TPSA) is 106 Å². The Bertz CT molecular complexity index is 1370. The van der Waals surface area contributed by atoms with Crippen LogP contribution in [0.1, 0.15) is 68.3 Å². The fourth-order valence-corrected chi connectivity index (χ4v) is 7.06. The Kier molecular flexibility index (Phi) is 6.98. The van der Waals surface area contributed by atoms with Crippen molar-refractivity contribution in [2.24, 2.45) is 0 Å². The first-order valence-electron chi connectivity index (χ1n) is 14.6. The summed E-state index contributed by atoms with van der Waals surface area (Å²) in [5.41, 5.74) is 4.11. The van der Waals surface area contributed by atoms with Gasteiger partial charge in [0.2, 0.25) is 11.8 Å². The molecule has 9 heteroatoms. The Hall–Kier alpha value is -3.90. The summed E-state index contributed by atoms with van der Waals surface area (Å²) in [6.07, 6.45) is 2.21. The maximum atomic E-state index is 14.0. The van der Waals surface area contributed by atoms with Crippen LogP contribution in [0.3, 0.4) is 0 Å². The molecule has 0 saturated carbocycles. The summed E-state index contributed by atoms with van der Waals surface area (Å²) in [5, 5.41) is 12.4. The smallest absolute Gasteiger partial charge is 0.408 e. The van der Waals surface area contributed by atoms with Gasteiger partial charge in [0.1, 0.15) is 17.7 Å². The van der Waals surface area contributed by atoms with Gasteiger partial charge in [-0.05, 0) is 68.7 Å². The van der Waals surface area contributed by atoms with Gasteiger partial charge in [-0.3, -0.25) is 14.5 Å². The lowest BCUT2D eigenvalue weighted by Crippen LogP contribution is -2.59. The molecule has 41 heavy (non-hydrogen) atoms. The second-order valence-electron chi connectivity index (χ2n) is 12.6. The minimum Gasteiger partial charge on any atom is -0.444 e. The van der Waals surface area contributed by atoms with E-state index in [1.165, 1.54) is 22.3 Å². The predicted octanol–water partition coefficient (Wildman–Crippen LogP) is 3.37. The van der Waals surface area contributed by atoms with Crippen molar-refractivity contribution in [3.05, 3.63) is 70.8 Å². The average Bonchev–Trinajstić information content (AvgIpc) is 3.65. The maximum Gasteiger partial charge on any atom is 0.408 e. The lowest BCUT2D eigenvalue weighted by atomic mass is 9.81. The van der Waals surface area contributed by atoms with Gasteiger partial charge in [0.05, 0.1) is 18.2 Å². The largest absolute Gasteiger partial charge is 0.444 e. The SMILES string of the molecule is CC(C)(C)OC(=O)NC(CN1C[C@@H]2CC1C(=O)N2C1c2ccccc2Cc2ccccc21)C(=O)N1CCCC1C#N. The molecule has 4 atom stereocenters. The normalized spacial score (nSPS) is 24.5. The molecule has 3 heterocycles. The summed E-state index contributed by atoms with van der Waals surface area (Å²) in [6, 6.07) is 17.0. The van der Waals surface area contributed by atoms with Crippen molar-refractivity contribution in [2.45, 2.75) is 82.3 Å². The number of piperazine rings is 1. The summed E-state index contributed by atoms with van der Waals surface area (Å²) in [5.74, 6) is -0.251. The van der Waals surface area contributed by atoms with Crippen LogP contribution in [0.25, 0.3) is 0 Å². The molecule has 2 bridgehead atoms. The molecule has 3 fully saturated rings. The first-order chi connectivity index (χ1) is 19.6. The van der Waals surface area contributed by atoms with Crippen LogP contribution in [-0.4, -0.2) is 82.0 Å². The van der Waals surface area contributed by atoms with E-state index in [9.17, 15) is 19.6 Å². The van der Waals surface area contributed by atoms with E-state index in [0.717, 1.165) is 12.8 Å². The lowest BCUT2D eigenvalue weighted by Gasteiger charge is -2.42. The van der Waals surface area contributed by atoms with Crippen molar-refractivity contribution in [1.82, 2.24) is 20.0 Å². The molecule has 6 rings (SSSR count). The van der Waals surface area contributed by atoms with E-state index in [1.54, 1.807) is 25.7 Å². The van der Waals surface area contributed by atoms with Gasteiger partial charge in [0.25, 0.3) is 0 Å². The molecule has 0 radical (unpaired) electrons. The van der Waals surface area contributed by atoms with Gasteiger partial charge in [0.15, 0.2) is 0 Å². The number of ether oxygens (including phenoxy) is 1. The number of alkyl carbamates (subject to hydrolysis) is 1. The molecule has 3 unspecified atom stereocenters. The summed E-state index contributed by atoms with van der Waals surface area (Å²) < 4.78 is 5.47. The van der Waals surface area contributed by atoms with Crippen molar-refractivity contribution in [3.63, 3.8) is 0 Å². The van der Waals surface area contributed by atoms with Crippen LogP contribution in [0.15, 0.2) is 48.5 Å². The number of nitrogens with one attached hydrogen (secondary N) is 1. The molecule has 1 N–H and O–H groups in total. The van der Waals surface area contributed by atoms with Crippen molar-refractivity contribution in [1.29, 1.82) is 5.26 Å². The van der Waals surface area contributed by atoms with Gasteiger partial charge in [-0.25, -0.2) is 4.79 Å². The molecule has 3 amide bonds. The Morgan fingerprint density at radius 1 is 1.10 bits per heavy atom. The van der Waals surface area contributed by atoms with E-state index >= 15 is 0 Å². The second-order valence-corrected chi connectivity index (χ2v) is 12.6. The third-order valence-corrected chi connectivity index (χ3v) is 8.76. The van der Waals surface area contributed by atoms with Gasteiger partial charge in [-0.15, -0.1) is 0 Å². The summed E-state index contributed by atoms with van der Waals surface area (Å²) >= 11 is 0. The zero-order chi connectivity index (χ0) is 28.9. The number of hydrogen-bond donors (Lipinski definition) is 1. The van der Waals surface area contributed by atoms with E-state index in [0.29, 0.717) is 25.9 Å². The van der Waals surface area contributed by atoms with Crippen molar-refractivity contribution < 1.29 is 19.1 Å². The number of rotatable bonds is 5. The van der Waals surface area contributed by atoms with Crippen molar-refractivity contribution in [3.8, 4) is 6.07 Å². The molecular weight excluding hydrogens is 518 g/mol. The standard InChI is InChI=1S/C32H37N5O4/c1-32(2,3)41-31(40)34-26(29(38)36-14-8-11-22(36)17-33)19-35-18-23-16-27(35)30(39)37(23)28-24-12-6-4-9-20(24)15-21-10-5-7-13-25(21)28/h4-7,9-10,12-13,22-23,26-28H,8,11,14-16,18-19H2,1-3H3,(H,34,40)/t22?,23-,26?,27?/m0/s1. The summed E-state index contributed by atoms with van der Waals surface area (Å²) in [4.78, 5) is 46.1. The van der Waals surface area contributed by atoms with Gasteiger partial charge in [-0.2, -0.15) is 5.26 Å². The van der Waals surface area contributed by atoms with Crippen LogP contribution in [0, 0.1) is 11.3 Å². The van der Waals surface area contributed by atoms with Crippen molar-refractivity contribution >= 4 is 17.9 Å². The van der Waals surface area contributed by atoms with Crippen molar-refractivity contribution in [2.75, 3.05) is 19.6 Å². The maximum absolute atomic E-state index is 14.0. The van der Waals surface area contributed by atoms with Crippen LogP contribution < -0.4 is 5.32 Å². The monoisotopic (exact) mass is 555 g/mol. The molecule has 0 spiro atoms. The predicted molar refractivity (Wildman–Crippen MR) is 152 cm³/mol. The zero-order valence-corrected chi connectivity index (χ0v) is 23.9. The summed E-state index contributed by atoms with van der Waals surface area (Å²) in [7, 11) is 0. The van der Waals surface area contributed by atoms with E-state index in [-0.39, 0.29) is 36.5 Å². The highest BCUT2D eigenvalue weighted by atomic mass is 16.6. The summed E-state index contributed by atoms with van der Waals surface area (Å²) in [6.45, 7) is 6.57. The first kappa shape index (κ1) is 27.3. The van der Waals surface area contributed by atoms with Crippen LogP contribution >= 0.6 is 0 Å². The number of amides is 3. The molecule has 214 valence electrons. The van der Waals surface area contributed by atoms with E-state index in [4.69, 9.17) is 4.74 Å². The second kappa shape index (κ2) is 10.5. The third-order valence-electron chi connectivity index (χ3n) is 8.76. The third kappa shape index (κ3) is 5.06. The van der Waals surface area contributed by atoms with E-state index in [1.807, 2.05) is 17.0 Å². The highest BCUT2D eigenvalue weighted by molar-refractivity contribution is 5.89. The minimum absolute atomic E-state index is 0.00682. The number of likely N-dealkylation sites (tertiary alicyclic amines) is 3. The number of nitrogens with zero attached hydrogens (tertiary/aromatic N) is 4. The van der Waals surface area contributed by atoms with E-state index < -0.39 is 23.8 Å². The Morgan fingerprint density at radius 2 is 1.76 bits per heavy atom. The van der Waals surface area contributed by atoms with Crippen LogP contribution in [0.5, 0.6) is 0 Å². The number of fused-ring (bicyclic) bond motifs is 4. The molecule has 4 aliphatic rings. The lowest BCUT2D eigenvalue weighted by molar-refractivity contribution is -0.141. The molecule has 3 aliphatic heterocycles. The highest BCUT2D eigenvalue weighted by Crippen LogP contribution is 2.45. The Balaban J connectivity index is 1.24. The van der Waals surface area contributed by atoms with E-state index in [2.05, 4.69) is 52.7 Å². The van der Waals surface area contributed by atoms with Gasteiger partial charge in [0, 0.05) is 25.7 Å². The Morgan fingerprint density at radius 3 is 2.37 bits per heavy atom. The molecule has 1 aliphatic carbocycles. The zero-order valence-electron chi connectivity index (χ0n) is 23.9. The number of hydrogen-bond acceptors (Lipinski definition) is 6. The van der Waals surface area contributed by atoms with Crippen LogP contribution in [0.2, 0.25) is 0 Å². The quantitative estimate of drug-likeness (QED) is 0.607. The molecule has 2 aromatic carbocycles. The molecular formula is C32H37N5O4. The molecule has 0 aromatic heterocycles. The molecule has 9 nitrogen and oxygen atoms in total. The van der Waals surface area contributed by atoms with Gasteiger partial charge in [-0.1, -0.05) is 48.5 Å². The van der Waals surface area contributed by atoms with Crippen LogP contribution in [0.4, 0.5) is 4.79 Å². The number of benzene rings is 2. The molecule has 3 saturated heterocycles. The Labute approximate surface area is 241 Å². The van der Waals surface area contributed by atoms with Gasteiger partial charge < -0.3 is 19.9 Å². The first-order valence-corrected chi connectivity index (χ1v) is 14.6.